The number of benzene rings is 1. The van der Waals surface area contributed by atoms with Crippen molar-refractivity contribution in [2.45, 2.75) is 0 Å². The monoisotopic (exact) mass is 294 g/mol. The van der Waals surface area contributed by atoms with Crippen LogP contribution in [-0.4, -0.2) is 28.9 Å². The van der Waals surface area contributed by atoms with Gasteiger partial charge in [0.15, 0.2) is 5.82 Å². The number of esters is 1. The summed E-state index contributed by atoms with van der Waals surface area (Å²) < 4.78 is 4.84. The smallest absolute Gasteiger partial charge is 0.418 e. The molecule has 0 unspecified atom stereocenters. The number of rotatable bonds is 4. The maximum Gasteiger partial charge on any atom is 0.419 e. The summed E-state index contributed by atoms with van der Waals surface area (Å²) in [5.41, 5.74) is -0.923. The molecule has 0 radical (unpaired) electrons. The summed E-state index contributed by atoms with van der Waals surface area (Å²) in [7, 11) is 0. The molecule has 0 aromatic heterocycles. The van der Waals surface area contributed by atoms with Crippen LogP contribution < -0.4 is 15.4 Å². The van der Waals surface area contributed by atoms with Crippen molar-refractivity contribution in [2.75, 3.05) is 13.1 Å². The largest absolute Gasteiger partial charge is 0.419 e. The number of nitro groups is 2. The molecule has 1 aromatic rings. The fourth-order valence-corrected chi connectivity index (χ4v) is 1.66. The lowest BCUT2D eigenvalue weighted by molar-refractivity contribution is -0.422. The minimum absolute atomic E-state index is 0.00749. The lowest BCUT2D eigenvalue weighted by Gasteiger charge is -2.04. The third-order valence-corrected chi connectivity index (χ3v) is 2.60. The van der Waals surface area contributed by atoms with Crippen molar-refractivity contribution in [3.05, 3.63) is 56.0 Å². The second-order valence-corrected chi connectivity index (χ2v) is 3.97. The average molecular weight is 294 g/mol. The average Bonchev–Trinajstić information content (AvgIpc) is 2.92. The highest BCUT2D eigenvalue weighted by atomic mass is 16.6. The van der Waals surface area contributed by atoms with Gasteiger partial charge in [-0.2, -0.15) is 0 Å². The minimum Gasteiger partial charge on any atom is -0.418 e. The standard InChI is InChI=1S/C11H10N4O6/c16-11(9(15(19)20)10-12-5-6-13-10)21-8-3-1-7(2-4-8)14(17)18/h1-4,12-13H,5-6H2. The Labute approximate surface area is 117 Å². The van der Waals surface area contributed by atoms with Crippen molar-refractivity contribution >= 4 is 11.7 Å². The first-order chi connectivity index (χ1) is 9.99. The van der Waals surface area contributed by atoms with Crippen molar-refractivity contribution in [3.8, 4) is 5.75 Å². The van der Waals surface area contributed by atoms with Gasteiger partial charge < -0.3 is 15.4 Å². The lowest BCUT2D eigenvalue weighted by Crippen LogP contribution is -2.26. The molecule has 2 N–H and O–H groups in total. The van der Waals surface area contributed by atoms with E-state index < -0.39 is 21.5 Å². The second kappa shape index (κ2) is 5.86. The van der Waals surface area contributed by atoms with Gasteiger partial charge in [0.05, 0.1) is 9.85 Å². The molecule has 1 aliphatic heterocycles. The Hall–Kier alpha value is -3.17. The number of nitrogens with one attached hydrogen (secondary N) is 2. The van der Waals surface area contributed by atoms with Crippen LogP contribution in [0, 0.1) is 20.2 Å². The summed E-state index contributed by atoms with van der Waals surface area (Å²) in [5.74, 6) is -1.19. The van der Waals surface area contributed by atoms with E-state index in [1.54, 1.807) is 0 Å². The molecular weight excluding hydrogens is 284 g/mol. The Kier molecular flexibility index (Phi) is 3.97. The van der Waals surface area contributed by atoms with Gasteiger partial charge in [-0.15, -0.1) is 0 Å². The predicted octanol–water partition coefficient (Wildman–Crippen LogP) is 0.139. The molecule has 0 bridgehead atoms. The molecule has 0 saturated carbocycles. The summed E-state index contributed by atoms with van der Waals surface area (Å²) in [4.78, 5) is 31.8. The number of hydrogen-bond donors (Lipinski definition) is 2. The number of hydrogen-bond acceptors (Lipinski definition) is 8. The summed E-state index contributed by atoms with van der Waals surface area (Å²) in [5, 5.41) is 26.8. The summed E-state index contributed by atoms with van der Waals surface area (Å²) >= 11 is 0. The van der Waals surface area contributed by atoms with E-state index in [0.717, 1.165) is 12.1 Å². The third-order valence-electron chi connectivity index (χ3n) is 2.60. The highest BCUT2D eigenvalue weighted by Crippen LogP contribution is 2.18. The van der Waals surface area contributed by atoms with Gasteiger partial charge in [0, 0.05) is 25.2 Å². The SMILES string of the molecule is O=C(Oc1ccc([N+](=O)[O-])cc1)C(=C1NCCN1)[N+](=O)[O-]. The van der Waals surface area contributed by atoms with Gasteiger partial charge in [-0.1, -0.05) is 0 Å². The Morgan fingerprint density at radius 2 is 1.67 bits per heavy atom. The number of nitrogens with zero attached hydrogens (tertiary/aromatic N) is 2. The van der Waals surface area contributed by atoms with Gasteiger partial charge in [-0.3, -0.25) is 20.2 Å². The molecule has 0 atom stereocenters. The first-order valence-electron chi connectivity index (χ1n) is 5.82. The zero-order chi connectivity index (χ0) is 15.4. The molecule has 1 aromatic carbocycles. The van der Waals surface area contributed by atoms with E-state index in [-0.39, 0.29) is 17.3 Å². The normalized spacial score (nSPS) is 13.0. The number of non-ortho nitro benzene ring substituents is 1. The Bertz CT molecular complexity index is 616. The van der Waals surface area contributed by atoms with Crippen molar-refractivity contribution < 1.29 is 19.4 Å². The molecule has 0 aliphatic carbocycles. The summed E-state index contributed by atoms with van der Waals surface area (Å²) in [6.45, 7) is 0.912. The van der Waals surface area contributed by atoms with E-state index in [0.29, 0.717) is 13.1 Å². The molecule has 1 saturated heterocycles. The van der Waals surface area contributed by atoms with Crippen LogP contribution in [0.25, 0.3) is 0 Å². The quantitative estimate of drug-likeness (QED) is 0.263. The van der Waals surface area contributed by atoms with Crippen LogP contribution in [0.4, 0.5) is 5.69 Å². The first-order valence-corrected chi connectivity index (χ1v) is 5.82. The molecular formula is C11H10N4O6. The fraction of sp³-hybridized carbons (Fsp3) is 0.182. The summed E-state index contributed by atoms with van der Waals surface area (Å²) in [6, 6.07) is 4.64. The van der Waals surface area contributed by atoms with Crippen LogP contribution in [0.2, 0.25) is 0 Å². The molecule has 10 heteroatoms. The minimum atomic E-state index is -1.16. The topological polar surface area (TPSA) is 137 Å². The van der Waals surface area contributed by atoms with Crippen molar-refractivity contribution in [2.24, 2.45) is 0 Å². The number of carbonyl (C=O) groups is 1. The van der Waals surface area contributed by atoms with E-state index in [4.69, 9.17) is 4.74 Å². The van der Waals surface area contributed by atoms with Gasteiger partial charge in [-0.05, 0) is 12.1 Å². The molecule has 2 rings (SSSR count). The van der Waals surface area contributed by atoms with E-state index in [9.17, 15) is 25.0 Å². The van der Waals surface area contributed by atoms with Gasteiger partial charge in [0.2, 0.25) is 0 Å². The van der Waals surface area contributed by atoms with Gasteiger partial charge in [0.25, 0.3) is 5.69 Å². The fourth-order valence-electron chi connectivity index (χ4n) is 1.66. The maximum absolute atomic E-state index is 11.8. The Balaban J connectivity index is 2.17. The maximum atomic E-state index is 11.8. The molecule has 110 valence electrons. The second-order valence-electron chi connectivity index (χ2n) is 3.97. The van der Waals surface area contributed by atoms with Gasteiger partial charge in [0.1, 0.15) is 5.75 Å². The number of carbonyl (C=O) groups excluding carboxylic acids is 1. The van der Waals surface area contributed by atoms with Crippen LogP contribution in [-0.2, 0) is 4.79 Å². The zero-order valence-corrected chi connectivity index (χ0v) is 10.6. The number of ether oxygens (including phenoxy) is 1. The van der Waals surface area contributed by atoms with Crippen LogP contribution in [0.5, 0.6) is 5.75 Å². The van der Waals surface area contributed by atoms with Crippen molar-refractivity contribution in [1.29, 1.82) is 0 Å². The van der Waals surface area contributed by atoms with E-state index in [1.165, 1.54) is 12.1 Å². The van der Waals surface area contributed by atoms with Crippen LogP contribution in [0.3, 0.4) is 0 Å². The van der Waals surface area contributed by atoms with E-state index in [1.807, 2.05) is 0 Å². The number of nitro benzene ring substituents is 1. The Morgan fingerprint density at radius 3 is 2.14 bits per heavy atom. The molecule has 0 spiro atoms. The molecule has 1 heterocycles. The lowest BCUT2D eigenvalue weighted by atomic mass is 10.3. The molecule has 10 nitrogen and oxygen atoms in total. The predicted molar refractivity (Wildman–Crippen MR) is 68.8 cm³/mol. The van der Waals surface area contributed by atoms with Gasteiger partial charge in [-0.25, -0.2) is 4.79 Å². The van der Waals surface area contributed by atoms with E-state index >= 15 is 0 Å². The molecule has 1 aliphatic rings. The van der Waals surface area contributed by atoms with Gasteiger partial charge >= 0.3 is 11.7 Å². The first kappa shape index (κ1) is 14.2. The van der Waals surface area contributed by atoms with Crippen LogP contribution >= 0.6 is 0 Å². The summed E-state index contributed by atoms with van der Waals surface area (Å²) in [6.07, 6.45) is 0. The third kappa shape index (κ3) is 3.23. The van der Waals surface area contributed by atoms with Crippen LogP contribution in [0.15, 0.2) is 35.8 Å². The molecule has 21 heavy (non-hydrogen) atoms. The zero-order valence-electron chi connectivity index (χ0n) is 10.6. The van der Waals surface area contributed by atoms with Crippen molar-refractivity contribution in [1.82, 2.24) is 10.6 Å². The molecule has 1 fully saturated rings. The van der Waals surface area contributed by atoms with E-state index in [2.05, 4.69) is 10.6 Å². The highest BCUT2D eigenvalue weighted by Gasteiger charge is 2.32. The van der Waals surface area contributed by atoms with Crippen LogP contribution in [0.1, 0.15) is 0 Å². The highest BCUT2D eigenvalue weighted by molar-refractivity contribution is 5.88. The van der Waals surface area contributed by atoms with Crippen molar-refractivity contribution in [3.63, 3.8) is 0 Å². The molecule has 0 amide bonds. The Morgan fingerprint density at radius 1 is 1.10 bits per heavy atom.